The number of rotatable bonds is 1. The van der Waals surface area contributed by atoms with E-state index in [1.807, 2.05) is 0 Å². The Bertz CT molecular complexity index is 646. The largest absolute Gasteiger partial charge is 0.351 e. The highest BCUT2D eigenvalue weighted by Crippen LogP contribution is 2.20. The van der Waals surface area contributed by atoms with Gasteiger partial charge in [-0.1, -0.05) is 24.3 Å². The van der Waals surface area contributed by atoms with Gasteiger partial charge >= 0.3 is 12.1 Å². The summed E-state index contributed by atoms with van der Waals surface area (Å²) in [6.07, 6.45) is 1.26. The van der Waals surface area contributed by atoms with Crippen LogP contribution in [0.5, 0.6) is 0 Å². The summed E-state index contributed by atoms with van der Waals surface area (Å²) in [7, 11) is 0. The summed E-state index contributed by atoms with van der Waals surface area (Å²) in [5.74, 6) is -0.405. The average molecular weight is 258 g/mol. The predicted molar refractivity (Wildman–Crippen MR) is 67.7 cm³/mol. The molecule has 0 unspecified atom stereocenters. The number of Topliss-reactive ketones (excluding diaryl/α,β-unsaturated/α-hetero) is 1. The number of amides is 4. The third kappa shape index (κ3) is 2.49. The first-order valence-electron chi connectivity index (χ1n) is 5.29. The first kappa shape index (κ1) is 12.5. The number of fused-ring (bicyclic) bond motifs is 1. The van der Waals surface area contributed by atoms with E-state index in [1.165, 1.54) is 6.08 Å². The number of hydrogen-bond acceptors (Lipinski definition) is 3. The molecule has 7 heteroatoms. The van der Waals surface area contributed by atoms with Gasteiger partial charge in [0, 0.05) is 11.1 Å². The minimum atomic E-state index is -0.895. The Morgan fingerprint density at radius 2 is 1.74 bits per heavy atom. The molecule has 1 aromatic carbocycles. The zero-order valence-corrected chi connectivity index (χ0v) is 9.71. The maximum atomic E-state index is 12.1. The van der Waals surface area contributed by atoms with Crippen LogP contribution in [0.3, 0.4) is 0 Å². The first-order chi connectivity index (χ1) is 8.99. The molecule has 0 radical (unpaired) electrons. The molecule has 5 N–H and O–H groups in total. The molecule has 7 nitrogen and oxygen atoms in total. The lowest BCUT2D eigenvalue weighted by Crippen LogP contribution is -2.35. The van der Waals surface area contributed by atoms with Crippen molar-refractivity contribution in [3.8, 4) is 0 Å². The Kier molecular flexibility index (Phi) is 3.11. The molecular formula is C12H10N4O3. The summed E-state index contributed by atoms with van der Waals surface area (Å²) in [5, 5.41) is 2.19. The molecule has 0 aliphatic heterocycles. The highest BCUT2D eigenvalue weighted by molar-refractivity contribution is 6.27. The summed E-state index contributed by atoms with van der Waals surface area (Å²) in [6, 6.07) is 4.77. The van der Waals surface area contributed by atoms with Crippen LogP contribution in [0.25, 0.3) is 0 Å². The predicted octanol–water partition coefficient (Wildman–Crippen LogP) is 0.303. The van der Waals surface area contributed by atoms with Crippen LogP contribution in [0.2, 0.25) is 0 Å². The Balaban J connectivity index is 2.58. The molecule has 0 atom stereocenters. The minimum Gasteiger partial charge on any atom is -0.351 e. The monoisotopic (exact) mass is 258 g/mol. The lowest BCUT2D eigenvalue weighted by molar-refractivity contribution is 0.102. The van der Waals surface area contributed by atoms with Gasteiger partial charge in [-0.3, -0.25) is 4.79 Å². The van der Waals surface area contributed by atoms with E-state index in [0.29, 0.717) is 11.1 Å². The van der Waals surface area contributed by atoms with Crippen LogP contribution in [0.1, 0.15) is 15.9 Å². The highest BCUT2D eigenvalue weighted by atomic mass is 16.2. The number of benzene rings is 1. The average Bonchev–Trinajstić information content (AvgIpc) is 2.34. The second kappa shape index (κ2) is 4.73. The third-order valence-electron chi connectivity index (χ3n) is 2.46. The molecule has 0 heterocycles. The van der Waals surface area contributed by atoms with Crippen molar-refractivity contribution in [1.82, 2.24) is 5.32 Å². The highest BCUT2D eigenvalue weighted by Gasteiger charge is 2.24. The van der Waals surface area contributed by atoms with E-state index in [4.69, 9.17) is 11.5 Å². The van der Waals surface area contributed by atoms with E-state index in [0.717, 1.165) is 0 Å². The molecule has 1 aliphatic rings. The summed E-state index contributed by atoms with van der Waals surface area (Å²) in [4.78, 5) is 37.4. The third-order valence-corrected chi connectivity index (χ3v) is 2.46. The van der Waals surface area contributed by atoms with Gasteiger partial charge in [0.2, 0.25) is 5.78 Å². The fourth-order valence-electron chi connectivity index (χ4n) is 1.77. The minimum absolute atomic E-state index is 0.0498. The van der Waals surface area contributed by atoms with E-state index >= 15 is 0 Å². The Morgan fingerprint density at radius 3 is 2.32 bits per heavy atom. The SMILES string of the molecule is NC(=O)/N=C1\C=C(NC(N)=O)C(=O)c2ccccc21. The number of nitrogens with two attached hydrogens (primary N) is 2. The van der Waals surface area contributed by atoms with Gasteiger partial charge < -0.3 is 16.8 Å². The topological polar surface area (TPSA) is 128 Å². The quantitative estimate of drug-likeness (QED) is 0.670. The molecule has 2 rings (SSSR count). The fraction of sp³-hybridized carbons (Fsp3) is 0. The van der Waals surface area contributed by atoms with E-state index in [9.17, 15) is 14.4 Å². The lowest BCUT2D eigenvalue weighted by Gasteiger charge is -2.16. The first-order valence-corrected chi connectivity index (χ1v) is 5.29. The zero-order chi connectivity index (χ0) is 14.0. The second-order valence-corrected chi connectivity index (χ2v) is 3.76. The number of urea groups is 2. The van der Waals surface area contributed by atoms with Crippen molar-refractivity contribution in [3.05, 3.63) is 47.2 Å². The maximum absolute atomic E-state index is 12.1. The number of allylic oxidation sites excluding steroid dienone is 2. The fourth-order valence-corrected chi connectivity index (χ4v) is 1.77. The molecule has 0 fully saturated rings. The number of carbonyl (C=O) groups is 3. The van der Waals surface area contributed by atoms with Gasteiger partial charge in [0.05, 0.1) is 11.4 Å². The smallest absolute Gasteiger partial charge is 0.338 e. The number of nitrogens with zero attached hydrogens (tertiary/aromatic N) is 1. The number of ketones is 1. The second-order valence-electron chi connectivity index (χ2n) is 3.76. The van der Waals surface area contributed by atoms with Gasteiger partial charge in [-0.2, -0.15) is 4.99 Å². The molecule has 0 spiro atoms. The Labute approximate surface area is 108 Å². The molecule has 4 amide bonds. The van der Waals surface area contributed by atoms with Gasteiger partial charge in [-0.25, -0.2) is 9.59 Å². The molecule has 19 heavy (non-hydrogen) atoms. The van der Waals surface area contributed by atoms with Crippen LogP contribution in [-0.4, -0.2) is 23.6 Å². The van der Waals surface area contributed by atoms with Crippen molar-refractivity contribution in [2.45, 2.75) is 0 Å². The summed E-state index contributed by atoms with van der Waals surface area (Å²) in [6.45, 7) is 0. The van der Waals surface area contributed by atoms with Crippen molar-refractivity contribution in [1.29, 1.82) is 0 Å². The summed E-state index contributed by atoms with van der Waals surface area (Å²) < 4.78 is 0. The van der Waals surface area contributed by atoms with E-state index in [1.54, 1.807) is 24.3 Å². The Hall–Kier alpha value is -2.96. The standard InChI is InChI=1S/C12H10N4O3/c13-11(18)15-8-5-9(16-12(14)19)10(17)7-4-2-1-3-6(7)8/h1-5H,(H2,13,18)(H3,14,16,19)/b15-8+. The molecule has 0 saturated carbocycles. The van der Waals surface area contributed by atoms with Crippen molar-refractivity contribution in [2.75, 3.05) is 0 Å². The van der Waals surface area contributed by atoms with Crippen molar-refractivity contribution in [2.24, 2.45) is 16.5 Å². The maximum Gasteiger partial charge on any atom is 0.338 e. The molecular weight excluding hydrogens is 248 g/mol. The molecule has 1 aliphatic carbocycles. The lowest BCUT2D eigenvalue weighted by atomic mass is 9.92. The summed E-state index contributed by atoms with van der Waals surface area (Å²) >= 11 is 0. The number of hydrogen-bond donors (Lipinski definition) is 3. The van der Waals surface area contributed by atoms with Gasteiger partial charge in [0.25, 0.3) is 0 Å². The normalized spacial score (nSPS) is 15.7. The van der Waals surface area contributed by atoms with Crippen molar-refractivity contribution < 1.29 is 14.4 Å². The van der Waals surface area contributed by atoms with Crippen molar-refractivity contribution in [3.63, 3.8) is 0 Å². The van der Waals surface area contributed by atoms with Crippen LogP contribution in [0, 0.1) is 0 Å². The van der Waals surface area contributed by atoms with Crippen LogP contribution in [0.15, 0.2) is 41.0 Å². The number of aliphatic imine (C=N–C) groups is 1. The molecule has 1 aromatic rings. The Morgan fingerprint density at radius 1 is 1.11 bits per heavy atom. The molecule has 0 bridgehead atoms. The zero-order valence-electron chi connectivity index (χ0n) is 9.71. The van der Waals surface area contributed by atoms with Gasteiger partial charge in [0.1, 0.15) is 0 Å². The molecule has 96 valence electrons. The van der Waals surface area contributed by atoms with E-state index < -0.39 is 17.8 Å². The van der Waals surface area contributed by atoms with Gasteiger partial charge in [-0.05, 0) is 6.08 Å². The van der Waals surface area contributed by atoms with Crippen molar-refractivity contribution >= 4 is 23.6 Å². The van der Waals surface area contributed by atoms with Crippen LogP contribution in [-0.2, 0) is 0 Å². The number of nitrogens with one attached hydrogen (secondary N) is 1. The van der Waals surface area contributed by atoms with E-state index in [2.05, 4.69) is 10.3 Å². The number of carbonyl (C=O) groups excluding carboxylic acids is 3. The van der Waals surface area contributed by atoms with Crippen LogP contribution in [0.4, 0.5) is 9.59 Å². The number of primary amides is 2. The van der Waals surface area contributed by atoms with Crippen LogP contribution < -0.4 is 16.8 Å². The van der Waals surface area contributed by atoms with Gasteiger partial charge in [-0.15, -0.1) is 0 Å². The molecule has 0 aromatic heterocycles. The van der Waals surface area contributed by atoms with Gasteiger partial charge in [0.15, 0.2) is 0 Å². The van der Waals surface area contributed by atoms with E-state index in [-0.39, 0.29) is 11.4 Å². The molecule has 0 saturated heterocycles. The summed E-state index contributed by atoms with van der Waals surface area (Å²) in [5.41, 5.74) is 10.9. The van der Waals surface area contributed by atoms with Crippen LogP contribution >= 0.6 is 0 Å².